The van der Waals surface area contributed by atoms with E-state index in [1.165, 1.54) is 4.70 Å². The zero-order valence-electron chi connectivity index (χ0n) is 14.8. The fourth-order valence-corrected chi connectivity index (χ4v) is 4.73. The van der Waals surface area contributed by atoms with Gasteiger partial charge in [0.15, 0.2) is 0 Å². The third-order valence-electron chi connectivity index (χ3n) is 5.10. The number of hydrogen-bond acceptors (Lipinski definition) is 4. The van der Waals surface area contributed by atoms with Gasteiger partial charge in [-0.1, -0.05) is 30.3 Å². The first-order chi connectivity index (χ1) is 13.1. The molecule has 0 saturated carbocycles. The van der Waals surface area contributed by atoms with Gasteiger partial charge in [0.2, 0.25) is 5.91 Å². The van der Waals surface area contributed by atoms with Crippen molar-refractivity contribution in [3.63, 3.8) is 0 Å². The molecule has 1 aliphatic heterocycles. The highest BCUT2D eigenvalue weighted by Gasteiger charge is 2.26. The lowest BCUT2D eigenvalue weighted by Gasteiger charge is -2.31. The summed E-state index contributed by atoms with van der Waals surface area (Å²) in [7, 11) is 0. The van der Waals surface area contributed by atoms with E-state index in [0.29, 0.717) is 24.6 Å². The van der Waals surface area contributed by atoms with Crippen LogP contribution in [0.25, 0.3) is 10.2 Å². The third kappa shape index (κ3) is 3.71. The highest BCUT2D eigenvalue weighted by Crippen LogP contribution is 2.33. The molecule has 2 aromatic carbocycles. The summed E-state index contributed by atoms with van der Waals surface area (Å²) in [6.45, 7) is 1.38. The molecule has 0 bridgehead atoms. The number of benzene rings is 2. The van der Waals surface area contributed by atoms with Crippen LogP contribution in [0.5, 0.6) is 0 Å². The average molecular weight is 380 g/mol. The van der Waals surface area contributed by atoms with E-state index in [4.69, 9.17) is 4.98 Å². The number of hydrogen-bond donors (Lipinski definition) is 1. The molecule has 0 spiro atoms. The normalized spacial score (nSPS) is 15.2. The number of para-hydroxylation sites is 1. The molecular formula is C21H20N2O3S. The number of aromatic carboxylic acids is 1. The zero-order chi connectivity index (χ0) is 18.8. The molecule has 2 heterocycles. The van der Waals surface area contributed by atoms with Crippen molar-refractivity contribution in [3.8, 4) is 0 Å². The van der Waals surface area contributed by atoms with Gasteiger partial charge in [-0.05, 0) is 36.6 Å². The van der Waals surface area contributed by atoms with Crippen LogP contribution in [0.1, 0.15) is 39.7 Å². The number of thiazole rings is 1. The lowest BCUT2D eigenvalue weighted by molar-refractivity contribution is -0.131. The largest absolute Gasteiger partial charge is 0.478 e. The molecule has 138 valence electrons. The van der Waals surface area contributed by atoms with Gasteiger partial charge < -0.3 is 10.0 Å². The fourth-order valence-electron chi connectivity index (χ4n) is 3.60. The average Bonchev–Trinajstić information content (AvgIpc) is 3.12. The molecule has 6 heteroatoms. The minimum atomic E-state index is -0.993. The lowest BCUT2D eigenvalue weighted by Crippen LogP contribution is -2.39. The summed E-state index contributed by atoms with van der Waals surface area (Å²) >= 11 is 1.74. The van der Waals surface area contributed by atoms with Gasteiger partial charge in [0.1, 0.15) is 0 Å². The highest BCUT2D eigenvalue weighted by molar-refractivity contribution is 7.18. The summed E-state index contributed by atoms with van der Waals surface area (Å²) in [6.07, 6.45) is 1.92. The van der Waals surface area contributed by atoms with Gasteiger partial charge in [-0.2, -0.15) is 0 Å². The molecule has 0 unspecified atom stereocenters. The van der Waals surface area contributed by atoms with Crippen LogP contribution in [0, 0.1) is 0 Å². The first-order valence-electron chi connectivity index (χ1n) is 9.06. The monoisotopic (exact) mass is 380 g/mol. The maximum atomic E-state index is 12.6. The Morgan fingerprint density at radius 3 is 2.52 bits per heavy atom. The Balaban J connectivity index is 1.40. The van der Waals surface area contributed by atoms with E-state index in [9.17, 15) is 14.7 Å². The number of piperidine rings is 1. The van der Waals surface area contributed by atoms with Gasteiger partial charge in [-0.25, -0.2) is 9.78 Å². The van der Waals surface area contributed by atoms with Gasteiger partial charge >= 0.3 is 5.97 Å². The zero-order valence-corrected chi connectivity index (χ0v) is 15.6. The van der Waals surface area contributed by atoms with Crippen molar-refractivity contribution in [1.82, 2.24) is 9.88 Å². The Bertz CT molecular complexity index is 957. The highest BCUT2D eigenvalue weighted by atomic mass is 32.1. The molecule has 1 aromatic heterocycles. The van der Waals surface area contributed by atoms with Crippen molar-refractivity contribution < 1.29 is 14.7 Å². The molecule has 0 radical (unpaired) electrons. The Hall–Kier alpha value is -2.73. The molecule has 1 saturated heterocycles. The summed E-state index contributed by atoms with van der Waals surface area (Å²) < 4.78 is 1.20. The van der Waals surface area contributed by atoms with Crippen molar-refractivity contribution in [2.45, 2.75) is 25.2 Å². The summed E-state index contributed by atoms with van der Waals surface area (Å²) in [4.78, 5) is 30.6. The molecule has 1 amide bonds. The Morgan fingerprint density at radius 1 is 1.07 bits per heavy atom. The Morgan fingerprint density at radius 2 is 1.78 bits per heavy atom. The van der Waals surface area contributed by atoms with Crippen LogP contribution in [-0.4, -0.2) is 40.0 Å². The first-order valence-corrected chi connectivity index (χ1v) is 9.88. The predicted octanol–water partition coefficient (Wildman–Crippen LogP) is 3.94. The summed E-state index contributed by atoms with van der Waals surface area (Å²) in [5, 5.41) is 10.4. The minimum Gasteiger partial charge on any atom is -0.478 e. The number of amides is 1. The van der Waals surface area contributed by atoms with E-state index < -0.39 is 5.97 Å². The SMILES string of the molecule is O=C(O)c1ccccc1CC(=O)N1CCC(c2nc3ccccc3s2)CC1. The molecule has 27 heavy (non-hydrogen) atoms. The number of carbonyl (C=O) groups excluding carboxylic acids is 1. The second-order valence-corrected chi connectivity index (χ2v) is 7.88. The lowest BCUT2D eigenvalue weighted by atomic mass is 9.96. The molecule has 0 atom stereocenters. The second-order valence-electron chi connectivity index (χ2n) is 6.81. The van der Waals surface area contributed by atoms with Crippen molar-refractivity contribution in [2.75, 3.05) is 13.1 Å². The standard InChI is InChI=1S/C21H20N2O3S/c24-19(13-15-5-1-2-6-16(15)21(25)26)23-11-9-14(10-12-23)20-22-17-7-3-4-8-18(17)27-20/h1-8,14H,9-13H2,(H,25,26). The summed E-state index contributed by atoms with van der Waals surface area (Å²) in [5.74, 6) is -0.614. The number of likely N-dealkylation sites (tertiary alicyclic amines) is 1. The van der Waals surface area contributed by atoms with Gasteiger partial charge in [-0.3, -0.25) is 4.79 Å². The quantitative estimate of drug-likeness (QED) is 0.744. The smallest absolute Gasteiger partial charge is 0.335 e. The molecule has 1 fully saturated rings. The molecule has 1 N–H and O–H groups in total. The van der Waals surface area contributed by atoms with Gasteiger partial charge in [-0.15, -0.1) is 11.3 Å². The van der Waals surface area contributed by atoms with Crippen LogP contribution < -0.4 is 0 Å². The number of aromatic nitrogens is 1. The fraction of sp³-hybridized carbons (Fsp3) is 0.286. The Kier molecular flexibility index (Phi) is 4.90. The molecular weight excluding hydrogens is 360 g/mol. The van der Waals surface area contributed by atoms with Crippen molar-refractivity contribution >= 4 is 33.4 Å². The van der Waals surface area contributed by atoms with E-state index in [-0.39, 0.29) is 17.9 Å². The maximum Gasteiger partial charge on any atom is 0.335 e. The number of carboxylic acids is 1. The van der Waals surface area contributed by atoms with Gasteiger partial charge in [0, 0.05) is 19.0 Å². The molecule has 5 nitrogen and oxygen atoms in total. The van der Waals surface area contributed by atoms with E-state index in [0.717, 1.165) is 23.4 Å². The van der Waals surface area contributed by atoms with Crippen molar-refractivity contribution in [1.29, 1.82) is 0 Å². The minimum absolute atomic E-state index is 0.00792. The van der Waals surface area contributed by atoms with Crippen LogP contribution in [0.4, 0.5) is 0 Å². The van der Waals surface area contributed by atoms with Crippen LogP contribution in [0.3, 0.4) is 0 Å². The van der Waals surface area contributed by atoms with Gasteiger partial charge in [0.25, 0.3) is 0 Å². The van der Waals surface area contributed by atoms with Crippen molar-refractivity contribution in [3.05, 3.63) is 64.7 Å². The molecule has 4 rings (SSSR count). The number of carbonyl (C=O) groups is 2. The topological polar surface area (TPSA) is 70.5 Å². The van der Waals surface area contributed by atoms with E-state index in [1.54, 1.807) is 35.6 Å². The summed E-state index contributed by atoms with van der Waals surface area (Å²) in [6, 6.07) is 14.9. The van der Waals surface area contributed by atoms with Gasteiger partial charge in [0.05, 0.1) is 27.2 Å². The summed E-state index contributed by atoms with van der Waals surface area (Å²) in [5.41, 5.74) is 1.82. The third-order valence-corrected chi connectivity index (χ3v) is 6.30. The second kappa shape index (κ2) is 7.48. The number of nitrogens with zero attached hydrogens (tertiary/aromatic N) is 2. The molecule has 0 aliphatic carbocycles. The van der Waals surface area contributed by atoms with Crippen LogP contribution in [0.2, 0.25) is 0 Å². The molecule has 1 aliphatic rings. The Labute approximate surface area is 161 Å². The van der Waals surface area contributed by atoms with Crippen LogP contribution in [-0.2, 0) is 11.2 Å². The first kappa shape index (κ1) is 17.7. The van der Waals surface area contributed by atoms with E-state index >= 15 is 0 Å². The van der Waals surface area contributed by atoms with Crippen LogP contribution in [0.15, 0.2) is 48.5 Å². The number of fused-ring (bicyclic) bond motifs is 1. The van der Waals surface area contributed by atoms with Crippen molar-refractivity contribution in [2.24, 2.45) is 0 Å². The maximum absolute atomic E-state index is 12.6. The predicted molar refractivity (Wildman–Crippen MR) is 105 cm³/mol. The van der Waals surface area contributed by atoms with E-state index in [1.807, 2.05) is 23.1 Å². The van der Waals surface area contributed by atoms with E-state index in [2.05, 4.69) is 6.07 Å². The molecule has 3 aromatic rings. The number of rotatable bonds is 4. The van der Waals surface area contributed by atoms with Crippen LogP contribution >= 0.6 is 11.3 Å². The number of carboxylic acid groups (broad SMARTS) is 1.